The van der Waals surface area contributed by atoms with Crippen LogP contribution in [-0.4, -0.2) is 69.7 Å². The average molecular weight is 650 g/mol. The molecule has 2 unspecified atom stereocenters. The summed E-state index contributed by atoms with van der Waals surface area (Å²) in [5.74, 6) is 1.99. The molecule has 2 aromatic carbocycles. The first-order valence-corrected chi connectivity index (χ1v) is 16.9. The number of aryl methyl sites for hydroxylation is 1. The Morgan fingerprint density at radius 1 is 1.06 bits per heavy atom. The number of rotatable bonds is 8. The molecule has 4 aromatic rings. The minimum Gasteiger partial charge on any atom is -0.444 e. The zero-order valence-corrected chi connectivity index (χ0v) is 28.1. The number of pyridine rings is 1. The van der Waals surface area contributed by atoms with Crippen molar-refractivity contribution in [1.82, 2.24) is 19.9 Å². The van der Waals surface area contributed by atoms with Crippen LogP contribution in [0.1, 0.15) is 57.6 Å². The number of Topliss-reactive ketones (excluding diaryl/α,β-unsaturated/α-hetero) is 1. The molecule has 1 aliphatic carbocycles. The van der Waals surface area contributed by atoms with Gasteiger partial charge in [0.25, 0.3) is 0 Å². The van der Waals surface area contributed by atoms with E-state index in [1.165, 1.54) is 0 Å². The summed E-state index contributed by atoms with van der Waals surface area (Å²) >= 11 is 0. The van der Waals surface area contributed by atoms with Crippen LogP contribution < -0.4 is 10.1 Å². The molecule has 2 aromatic heterocycles. The van der Waals surface area contributed by atoms with Gasteiger partial charge in [-0.05, 0) is 88.1 Å². The first-order valence-electron chi connectivity index (χ1n) is 16.9. The number of piperidine rings is 1. The van der Waals surface area contributed by atoms with Gasteiger partial charge in [0.15, 0.2) is 0 Å². The summed E-state index contributed by atoms with van der Waals surface area (Å²) in [6, 6.07) is 15.8. The molecule has 3 aliphatic rings. The number of carbonyl (C=O) groups is 2. The highest BCUT2D eigenvalue weighted by molar-refractivity contribution is 5.96. The van der Waals surface area contributed by atoms with Gasteiger partial charge < -0.3 is 24.4 Å². The number of likely N-dealkylation sites (tertiary alicyclic amines) is 1. The molecule has 1 amide bonds. The van der Waals surface area contributed by atoms with E-state index in [0.29, 0.717) is 55.2 Å². The third-order valence-corrected chi connectivity index (χ3v) is 9.68. The maximum Gasteiger partial charge on any atom is 0.410 e. The number of ketones is 1. The summed E-state index contributed by atoms with van der Waals surface area (Å²) in [4.78, 5) is 41.7. The van der Waals surface area contributed by atoms with Crippen LogP contribution >= 0.6 is 0 Å². The number of hydrogen-bond acceptors (Lipinski definition) is 9. The first-order chi connectivity index (χ1) is 23.1. The second-order valence-corrected chi connectivity index (χ2v) is 14.4. The molecular formula is C38H43N5O5. The highest BCUT2D eigenvalue weighted by Gasteiger charge is 2.59. The van der Waals surface area contributed by atoms with Gasteiger partial charge in [-0.1, -0.05) is 30.3 Å². The van der Waals surface area contributed by atoms with E-state index in [9.17, 15) is 9.59 Å². The first kappa shape index (κ1) is 32.0. The van der Waals surface area contributed by atoms with E-state index in [1.54, 1.807) is 17.3 Å². The summed E-state index contributed by atoms with van der Waals surface area (Å²) in [6.45, 7) is 10.3. The maximum absolute atomic E-state index is 13.3. The number of amides is 1. The Balaban J connectivity index is 1.10. The standard InChI is InChI=1S/C38H43N5O5/c1-24-12-13-27-25(20-32(44)30-21-38(30)15-19-46-23-38)8-5-10-28(27)33(24)47-34-29(11-6-16-39-34)31-14-17-40-35(42-31)41-26-9-7-18-43(22-26)36(45)48-37(2,3)4/h5-6,8,10-14,16-17,26,30H,7,9,15,18-23H2,1-4H3,(H,40,41,42)/t26-,30?,38?/m0/s1. The normalized spacial score (nSPS) is 22.1. The highest BCUT2D eigenvalue weighted by Crippen LogP contribution is 2.58. The van der Waals surface area contributed by atoms with Crippen molar-refractivity contribution in [2.24, 2.45) is 11.3 Å². The quantitative estimate of drug-likeness (QED) is 0.213. The van der Waals surface area contributed by atoms with E-state index in [2.05, 4.69) is 21.4 Å². The number of nitrogens with zero attached hydrogens (tertiary/aromatic N) is 4. The summed E-state index contributed by atoms with van der Waals surface area (Å²) in [6.07, 6.45) is 7.18. The Bertz CT molecular complexity index is 1850. The fourth-order valence-electron chi connectivity index (χ4n) is 7.08. The lowest BCUT2D eigenvalue weighted by Crippen LogP contribution is -2.47. The lowest BCUT2D eigenvalue weighted by molar-refractivity contribution is -0.120. The van der Waals surface area contributed by atoms with Crippen LogP contribution in [0.2, 0.25) is 0 Å². The predicted molar refractivity (Wildman–Crippen MR) is 183 cm³/mol. The zero-order valence-electron chi connectivity index (χ0n) is 28.1. The van der Waals surface area contributed by atoms with E-state index in [-0.39, 0.29) is 23.5 Å². The molecule has 1 saturated carbocycles. The molecule has 3 atom stereocenters. The molecular weight excluding hydrogens is 606 g/mol. The van der Waals surface area contributed by atoms with Crippen molar-refractivity contribution >= 4 is 28.6 Å². The van der Waals surface area contributed by atoms with E-state index in [0.717, 1.165) is 59.8 Å². The Kier molecular flexibility index (Phi) is 8.53. The minimum absolute atomic E-state index is 0.0116. The number of nitrogens with one attached hydrogen (secondary N) is 1. The molecule has 7 rings (SSSR count). The molecule has 0 radical (unpaired) electrons. The van der Waals surface area contributed by atoms with Crippen LogP contribution in [0.4, 0.5) is 10.7 Å². The Morgan fingerprint density at radius 3 is 2.75 bits per heavy atom. The number of ether oxygens (including phenoxy) is 3. The fraction of sp³-hybridized carbons (Fsp3) is 0.447. The van der Waals surface area contributed by atoms with Gasteiger partial charge in [0.05, 0.1) is 17.9 Å². The number of carbonyl (C=O) groups excluding carboxylic acids is 2. The number of aromatic nitrogens is 3. The predicted octanol–water partition coefficient (Wildman–Crippen LogP) is 7.14. The van der Waals surface area contributed by atoms with Gasteiger partial charge in [-0.2, -0.15) is 0 Å². The monoisotopic (exact) mass is 649 g/mol. The molecule has 2 aliphatic heterocycles. The van der Waals surface area contributed by atoms with E-state index >= 15 is 0 Å². The zero-order chi connectivity index (χ0) is 33.5. The van der Waals surface area contributed by atoms with Crippen molar-refractivity contribution in [3.05, 3.63) is 72.1 Å². The molecule has 1 spiro atoms. The number of anilines is 1. The summed E-state index contributed by atoms with van der Waals surface area (Å²) in [5.41, 5.74) is 2.88. The number of hydrogen-bond donors (Lipinski definition) is 1. The summed E-state index contributed by atoms with van der Waals surface area (Å²) in [7, 11) is 0. The molecule has 0 bridgehead atoms. The molecule has 4 heterocycles. The number of fused-ring (bicyclic) bond motifs is 1. The van der Waals surface area contributed by atoms with Gasteiger partial charge in [0.1, 0.15) is 17.1 Å². The van der Waals surface area contributed by atoms with E-state index in [1.807, 2.05) is 70.2 Å². The van der Waals surface area contributed by atoms with Gasteiger partial charge in [-0.25, -0.2) is 19.7 Å². The van der Waals surface area contributed by atoms with Crippen molar-refractivity contribution in [3.63, 3.8) is 0 Å². The second-order valence-electron chi connectivity index (χ2n) is 14.4. The second kappa shape index (κ2) is 12.8. The third-order valence-electron chi connectivity index (χ3n) is 9.68. The smallest absolute Gasteiger partial charge is 0.410 e. The summed E-state index contributed by atoms with van der Waals surface area (Å²) in [5, 5.41) is 5.36. The lowest BCUT2D eigenvalue weighted by Gasteiger charge is -2.34. The van der Waals surface area contributed by atoms with Gasteiger partial charge >= 0.3 is 6.09 Å². The van der Waals surface area contributed by atoms with Crippen LogP contribution in [-0.2, 0) is 20.7 Å². The number of benzene rings is 2. The van der Waals surface area contributed by atoms with Gasteiger partial charge in [-0.3, -0.25) is 4.79 Å². The van der Waals surface area contributed by atoms with Crippen molar-refractivity contribution in [2.75, 3.05) is 31.6 Å². The molecule has 1 N–H and O–H groups in total. The molecule has 250 valence electrons. The van der Waals surface area contributed by atoms with Crippen molar-refractivity contribution < 1.29 is 23.8 Å². The maximum atomic E-state index is 13.3. The molecule has 10 nitrogen and oxygen atoms in total. The molecule has 3 fully saturated rings. The van der Waals surface area contributed by atoms with E-state index < -0.39 is 5.60 Å². The van der Waals surface area contributed by atoms with Crippen LogP contribution in [0.5, 0.6) is 11.6 Å². The van der Waals surface area contributed by atoms with Crippen molar-refractivity contribution in [1.29, 1.82) is 0 Å². The fourth-order valence-corrected chi connectivity index (χ4v) is 7.08. The molecule has 48 heavy (non-hydrogen) atoms. The largest absolute Gasteiger partial charge is 0.444 e. The topological polar surface area (TPSA) is 116 Å². The average Bonchev–Trinajstić information content (AvgIpc) is 3.57. The third kappa shape index (κ3) is 6.71. The van der Waals surface area contributed by atoms with Crippen LogP contribution in [0.25, 0.3) is 22.0 Å². The lowest BCUT2D eigenvalue weighted by atomic mass is 9.94. The van der Waals surface area contributed by atoms with Crippen LogP contribution in [0.3, 0.4) is 0 Å². The molecule has 10 heteroatoms. The molecule has 2 saturated heterocycles. The highest BCUT2D eigenvalue weighted by atomic mass is 16.6. The minimum atomic E-state index is -0.547. The van der Waals surface area contributed by atoms with Crippen LogP contribution in [0.15, 0.2) is 60.9 Å². The van der Waals surface area contributed by atoms with Gasteiger partial charge in [0, 0.05) is 61.3 Å². The Hall–Kier alpha value is -4.57. The Morgan fingerprint density at radius 2 is 1.94 bits per heavy atom. The van der Waals surface area contributed by atoms with Gasteiger partial charge in [0.2, 0.25) is 11.8 Å². The van der Waals surface area contributed by atoms with Crippen molar-refractivity contribution in [3.8, 4) is 22.9 Å². The van der Waals surface area contributed by atoms with Crippen molar-refractivity contribution in [2.45, 2.75) is 71.4 Å². The van der Waals surface area contributed by atoms with Crippen LogP contribution in [0, 0.1) is 18.3 Å². The van der Waals surface area contributed by atoms with Gasteiger partial charge in [-0.15, -0.1) is 0 Å². The van der Waals surface area contributed by atoms with E-state index in [4.69, 9.17) is 19.2 Å². The Labute approximate surface area is 281 Å². The summed E-state index contributed by atoms with van der Waals surface area (Å²) < 4.78 is 17.8. The SMILES string of the molecule is Cc1ccc2c(CC(=O)C3CC34CCOC4)cccc2c1Oc1ncccc1-c1ccnc(N[C@H]2CCCN(C(=O)OC(C)(C)C)C2)n1.